The maximum absolute atomic E-state index is 12.1. The van der Waals surface area contributed by atoms with Crippen molar-refractivity contribution in [2.75, 3.05) is 19.0 Å². The van der Waals surface area contributed by atoms with E-state index in [4.69, 9.17) is 9.47 Å². The first-order valence-electron chi connectivity index (χ1n) is 7.48. The van der Waals surface area contributed by atoms with Crippen molar-refractivity contribution in [2.45, 2.75) is 13.3 Å². The SMILES string of the molecule is CCc1ccc(OCC(=O)Nc2ccc([N+](=O)[O-])cc2OC)c(Br)c1. The van der Waals surface area contributed by atoms with Gasteiger partial charge in [-0.3, -0.25) is 14.9 Å². The van der Waals surface area contributed by atoms with Crippen molar-refractivity contribution in [3.05, 3.63) is 56.5 Å². The molecular formula is C17H17BrN2O5. The second-order valence-corrected chi connectivity index (χ2v) is 5.95. The van der Waals surface area contributed by atoms with Crippen molar-refractivity contribution in [2.24, 2.45) is 0 Å². The van der Waals surface area contributed by atoms with Crippen molar-refractivity contribution in [3.8, 4) is 11.5 Å². The molecule has 0 aliphatic heterocycles. The predicted octanol–water partition coefficient (Wildman–Crippen LogP) is 3.95. The zero-order chi connectivity index (χ0) is 18.4. The Balaban J connectivity index is 2.02. The van der Waals surface area contributed by atoms with E-state index < -0.39 is 10.8 Å². The molecular weight excluding hydrogens is 392 g/mol. The fourth-order valence-corrected chi connectivity index (χ4v) is 2.65. The number of aryl methyl sites for hydroxylation is 1. The van der Waals surface area contributed by atoms with E-state index in [2.05, 4.69) is 21.2 Å². The van der Waals surface area contributed by atoms with Gasteiger partial charge in [-0.25, -0.2) is 0 Å². The van der Waals surface area contributed by atoms with Crippen LogP contribution in [0.3, 0.4) is 0 Å². The van der Waals surface area contributed by atoms with E-state index >= 15 is 0 Å². The molecule has 0 saturated heterocycles. The summed E-state index contributed by atoms with van der Waals surface area (Å²) in [6.45, 7) is 1.84. The van der Waals surface area contributed by atoms with Gasteiger partial charge in [-0.2, -0.15) is 0 Å². The Kier molecular flexibility index (Phi) is 6.35. The number of nitrogens with one attached hydrogen (secondary N) is 1. The Morgan fingerprint density at radius 3 is 2.60 bits per heavy atom. The normalized spacial score (nSPS) is 10.2. The van der Waals surface area contributed by atoms with Crippen molar-refractivity contribution in [1.29, 1.82) is 0 Å². The number of anilines is 1. The molecule has 1 N–H and O–H groups in total. The average molecular weight is 409 g/mol. The summed E-state index contributed by atoms with van der Waals surface area (Å²) in [5, 5.41) is 13.4. The van der Waals surface area contributed by atoms with Crippen LogP contribution in [0.5, 0.6) is 11.5 Å². The summed E-state index contributed by atoms with van der Waals surface area (Å²) in [5.41, 5.74) is 1.37. The summed E-state index contributed by atoms with van der Waals surface area (Å²) < 4.78 is 11.3. The van der Waals surface area contributed by atoms with E-state index in [1.54, 1.807) is 6.07 Å². The zero-order valence-corrected chi connectivity index (χ0v) is 15.3. The number of carbonyl (C=O) groups is 1. The van der Waals surface area contributed by atoms with Crippen molar-refractivity contribution in [3.63, 3.8) is 0 Å². The molecule has 7 nitrogen and oxygen atoms in total. The largest absolute Gasteiger partial charge is 0.494 e. The molecule has 0 aliphatic rings. The van der Waals surface area contributed by atoms with Crippen molar-refractivity contribution in [1.82, 2.24) is 0 Å². The summed E-state index contributed by atoms with van der Waals surface area (Å²) in [4.78, 5) is 22.3. The molecule has 2 aromatic carbocycles. The van der Waals surface area contributed by atoms with Gasteiger partial charge in [-0.05, 0) is 46.1 Å². The molecule has 25 heavy (non-hydrogen) atoms. The van der Waals surface area contributed by atoms with Crippen LogP contribution in [-0.4, -0.2) is 24.5 Å². The first-order chi connectivity index (χ1) is 11.9. The number of nitro benzene ring substituents is 1. The lowest BCUT2D eigenvalue weighted by molar-refractivity contribution is -0.384. The number of benzene rings is 2. The third kappa shape index (κ3) is 4.93. The number of methoxy groups -OCH3 is 1. The molecule has 8 heteroatoms. The second-order valence-electron chi connectivity index (χ2n) is 5.10. The van der Waals surface area contributed by atoms with Crippen LogP contribution >= 0.6 is 15.9 Å². The summed E-state index contributed by atoms with van der Waals surface area (Å²) in [7, 11) is 1.37. The van der Waals surface area contributed by atoms with Gasteiger partial charge in [-0.1, -0.05) is 13.0 Å². The Hall–Kier alpha value is -2.61. The summed E-state index contributed by atoms with van der Waals surface area (Å²) >= 11 is 3.41. The molecule has 0 saturated carbocycles. The van der Waals surface area contributed by atoms with Crippen LogP contribution in [0.4, 0.5) is 11.4 Å². The lowest BCUT2D eigenvalue weighted by atomic mass is 10.2. The van der Waals surface area contributed by atoms with Gasteiger partial charge < -0.3 is 14.8 Å². The second kappa shape index (κ2) is 8.48. The van der Waals surface area contributed by atoms with Crippen LogP contribution in [0.15, 0.2) is 40.9 Å². The fraction of sp³-hybridized carbons (Fsp3) is 0.235. The van der Waals surface area contributed by atoms with Crippen LogP contribution in [0.25, 0.3) is 0 Å². The van der Waals surface area contributed by atoms with Crippen molar-refractivity contribution >= 4 is 33.2 Å². The molecule has 0 aromatic heterocycles. The van der Waals surface area contributed by atoms with Gasteiger partial charge in [-0.15, -0.1) is 0 Å². The number of hydrogen-bond acceptors (Lipinski definition) is 5. The summed E-state index contributed by atoms with van der Waals surface area (Å²) in [6.07, 6.45) is 0.902. The molecule has 0 spiro atoms. The quantitative estimate of drug-likeness (QED) is 0.553. The number of carbonyl (C=O) groups excluding carboxylic acids is 1. The molecule has 1 amide bonds. The number of amides is 1. The number of ether oxygens (including phenoxy) is 2. The smallest absolute Gasteiger partial charge is 0.273 e. The highest BCUT2D eigenvalue weighted by Crippen LogP contribution is 2.29. The lowest BCUT2D eigenvalue weighted by Crippen LogP contribution is -2.20. The molecule has 132 valence electrons. The van der Waals surface area contributed by atoms with Gasteiger partial charge in [0.05, 0.1) is 28.3 Å². The summed E-state index contributed by atoms with van der Waals surface area (Å²) in [6, 6.07) is 9.61. The van der Waals surface area contributed by atoms with Gasteiger partial charge in [0.1, 0.15) is 11.5 Å². The molecule has 0 aliphatic carbocycles. The third-order valence-corrected chi connectivity index (χ3v) is 4.05. The van der Waals surface area contributed by atoms with Gasteiger partial charge in [0, 0.05) is 6.07 Å². The number of rotatable bonds is 7. The first kappa shape index (κ1) is 18.7. The molecule has 0 radical (unpaired) electrons. The van der Waals surface area contributed by atoms with Crippen LogP contribution in [-0.2, 0) is 11.2 Å². The van der Waals surface area contributed by atoms with Gasteiger partial charge in [0.25, 0.3) is 11.6 Å². The lowest BCUT2D eigenvalue weighted by Gasteiger charge is -2.12. The highest BCUT2D eigenvalue weighted by atomic mass is 79.9. The number of halogens is 1. The molecule has 0 bridgehead atoms. The van der Waals surface area contributed by atoms with E-state index in [0.717, 1.165) is 16.5 Å². The van der Waals surface area contributed by atoms with E-state index in [0.29, 0.717) is 11.4 Å². The zero-order valence-electron chi connectivity index (χ0n) is 13.7. The molecule has 2 rings (SSSR count). The number of nitrogens with zero attached hydrogens (tertiary/aromatic N) is 1. The van der Waals surface area contributed by atoms with Crippen LogP contribution in [0.1, 0.15) is 12.5 Å². The highest BCUT2D eigenvalue weighted by molar-refractivity contribution is 9.10. The first-order valence-corrected chi connectivity index (χ1v) is 8.27. The Bertz CT molecular complexity index is 795. The Morgan fingerprint density at radius 2 is 2.00 bits per heavy atom. The number of non-ortho nitro benzene ring substituents is 1. The van der Waals surface area contributed by atoms with E-state index in [1.165, 1.54) is 25.3 Å². The fourth-order valence-electron chi connectivity index (χ4n) is 2.11. The summed E-state index contributed by atoms with van der Waals surface area (Å²) in [5.74, 6) is 0.359. The number of hydrogen-bond donors (Lipinski definition) is 1. The maximum Gasteiger partial charge on any atom is 0.273 e. The third-order valence-electron chi connectivity index (χ3n) is 3.43. The maximum atomic E-state index is 12.1. The molecule has 0 atom stereocenters. The van der Waals surface area contributed by atoms with Gasteiger partial charge >= 0.3 is 0 Å². The van der Waals surface area contributed by atoms with Gasteiger partial charge in [0.15, 0.2) is 6.61 Å². The minimum absolute atomic E-state index is 0.119. The monoisotopic (exact) mass is 408 g/mol. The minimum Gasteiger partial charge on any atom is -0.494 e. The molecule has 0 unspecified atom stereocenters. The van der Waals surface area contributed by atoms with Crippen LogP contribution in [0.2, 0.25) is 0 Å². The van der Waals surface area contributed by atoms with E-state index in [1.807, 2.05) is 19.1 Å². The average Bonchev–Trinajstić information content (AvgIpc) is 2.60. The van der Waals surface area contributed by atoms with Crippen LogP contribution < -0.4 is 14.8 Å². The Morgan fingerprint density at radius 1 is 1.24 bits per heavy atom. The molecule has 0 fully saturated rings. The Labute approximate surface area is 153 Å². The standard InChI is InChI=1S/C17H17BrN2O5/c1-3-11-4-7-15(13(18)8-11)25-10-17(21)19-14-6-5-12(20(22)23)9-16(14)24-2/h4-9H,3,10H2,1-2H3,(H,19,21). The highest BCUT2D eigenvalue weighted by Gasteiger charge is 2.14. The predicted molar refractivity (Wildman–Crippen MR) is 97.3 cm³/mol. The van der Waals surface area contributed by atoms with Crippen molar-refractivity contribution < 1.29 is 19.2 Å². The van der Waals surface area contributed by atoms with E-state index in [9.17, 15) is 14.9 Å². The molecule has 0 heterocycles. The molecule has 2 aromatic rings. The topological polar surface area (TPSA) is 90.7 Å². The van der Waals surface area contributed by atoms with Crippen LogP contribution in [0, 0.1) is 10.1 Å². The van der Waals surface area contributed by atoms with Gasteiger partial charge in [0.2, 0.25) is 0 Å². The van der Waals surface area contributed by atoms with E-state index in [-0.39, 0.29) is 18.0 Å². The minimum atomic E-state index is -0.533. The number of nitro groups is 1.